The molecule has 0 spiro atoms. The third-order valence-corrected chi connectivity index (χ3v) is 4.03. The lowest BCUT2D eigenvalue weighted by molar-refractivity contribution is 0.494. The van der Waals surface area contributed by atoms with Crippen LogP contribution in [0, 0.1) is 0 Å². The summed E-state index contributed by atoms with van der Waals surface area (Å²) in [6.07, 6.45) is 3.43. The lowest BCUT2D eigenvalue weighted by Gasteiger charge is -2.20. The molecule has 2 heterocycles. The smallest absolute Gasteiger partial charge is 0.193 e. The van der Waals surface area contributed by atoms with Gasteiger partial charge >= 0.3 is 0 Å². The van der Waals surface area contributed by atoms with Crippen molar-refractivity contribution >= 4 is 40.8 Å². The van der Waals surface area contributed by atoms with Crippen molar-refractivity contribution in [2.24, 2.45) is 4.99 Å². The maximum atomic E-state index is 4.76. The van der Waals surface area contributed by atoms with Gasteiger partial charge < -0.3 is 10.2 Å². The van der Waals surface area contributed by atoms with E-state index in [-0.39, 0.29) is 24.0 Å². The van der Waals surface area contributed by atoms with E-state index in [1.807, 2.05) is 12.1 Å². The van der Waals surface area contributed by atoms with Crippen molar-refractivity contribution < 1.29 is 0 Å². The summed E-state index contributed by atoms with van der Waals surface area (Å²) >= 11 is 0. The van der Waals surface area contributed by atoms with Gasteiger partial charge in [0.05, 0.1) is 5.52 Å². The molecule has 0 bridgehead atoms. The zero-order valence-corrected chi connectivity index (χ0v) is 16.0. The maximum Gasteiger partial charge on any atom is 0.193 e. The van der Waals surface area contributed by atoms with Gasteiger partial charge in [0.15, 0.2) is 5.96 Å². The standard InChI is InChI=1S/C18H24N4.HI/c1-2-19-18(22-13-5-6-14-22)20-12-11-16-10-9-15-7-3-4-8-17(15)21-16;/h3-4,7-10H,2,5-6,11-14H2,1H3,(H,19,20);1H. The van der Waals surface area contributed by atoms with Crippen LogP contribution in [0.4, 0.5) is 0 Å². The minimum absolute atomic E-state index is 0. The Morgan fingerprint density at radius 1 is 1.17 bits per heavy atom. The number of hydrogen-bond acceptors (Lipinski definition) is 2. The summed E-state index contributed by atoms with van der Waals surface area (Å²) in [7, 11) is 0. The van der Waals surface area contributed by atoms with Crippen LogP contribution in [-0.2, 0) is 6.42 Å². The van der Waals surface area contributed by atoms with Crippen molar-refractivity contribution in [2.45, 2.75) is 26.2 Å². The Balaban J connectivity index is 0.00000192. The van der Waals surface area contributed by atoms with Gasteiger partial charge in [0.2, 0.25) is 0 Å². The van der Waals surface area contributed by atoms with Crippen LogP contribution in [0.15, 0.2) is 41.4 Å². The Morgan fingerprint density at radius 2 is 1.96 bits per heavy atom. The Morgan fingerprint density at radius 3 is 2.74 bits per heavy atom. The molecule has 1 aliphatic heterocycles. The highest BCUT2D eigenvalue weighted by molar-refractivity contribution is 14.0. The Labute approximate surface area is 155 Å². The van der Waals surface area contributed by atoms with Crippen molar-refractivity contribution in [3.8, 4) is 0 Å². The first-order chi connectivity index (χ1) is 10.9. The van der Waals surface area contributed by atoms with Gasteiger partial charge in [-0.25, -0.2) is 0 Å². The molecule has 1 fully saturated rings. The predicted octanol–water partition coefficient (Wildman–Crippen LogP) is 3.46. The molecule has 2 aromatic rings. The highest BCUT2D eigenvalue weighted by atomic mass is 127. The van der Waals surface area contributed by atoms with Gasteiger partial charge in [0, 0.05) is 43.7 Å². The van der Waals surface area contributed by atoms with Crippen molar-refractivity contribution in [1.29, 1.82) is 0 Å². The van der Waals surface area contributed by atoms with Gasteiger partial charge in [-0.05, 0) is 31.9 Å². The molecule has 4 nitrogen and oxygen atoms in total. The van der Waals surface area contributed by atoms with Crippen LogP contribution < -0.4 is 5.32 Å². The molecule has 1 aromatic heterocycles. The van der Waals surface area contributed by atoms with Crippen LogP contribution in [-0.4, -0.2) is 42.0 Å². The molecule has 3 rings (SSSR count). The summed E-state index contributed by atoms with van der Waals surface area (Å²) in [5.74, 6) is 1.06. The second kappa shape index (κ2) is 9.05. The first-order valence-corrected chi connectivity index (χ1v) is 8.25. The number of nitrogens with zero attached hydrogens (tertiary/aromatic N) is 3. The van der Waals surface area contributed by atoms with Crippen molar-refractivity contribution in [3.05, 3.63) is 42.1 Å². The molecule has 0 aliphatic carbocycles. The van der Waals surface area contributed by atoms with E-state index in [9.17, 15) is 0 Å². The second-order valence-electron chi connectivity index (χ2n) is 5.68. The third-order valence-electron chi connectivity index (χ3n) is 4.03. The molecule has 1 aliphatic rings. The number of pyridine rings is 1. The number of aromatic nitrogens is 1. The fourth-order valence-electron chi connectivity index (χ4n) is 2.88. The largest absolute Gasteiger partial charge is 0.357 e. The first kappa shape index (κ1) is 18.0. The van der Waals surface area contributed by atoms with E-state index in [2.05, 4.69) is 41.4 Å². The average Bonchev–Trinajstić information content (AvgIpc) is 3.08. The van der Waals surface area contributed by atoms with Crippen LogP contribution in [0.5, 0.6) is 0 Å². The molecule has 0 amide bonds. The van der Waals surface area contributed by atoms with Crippen LogP contribution >= 0.6 is 24.0 Å². The number of hydrogen-bond donors (Lipinski definition) is 1. The number of para-hydroxylation sites is 1. The van der Waals surface area contributed by atoms with Crippen molar-refractivity contribution in [1.82, 2.24) is 15.2 Å². The zero-order chi connectivity index (χ0) is 15.2. The number of likely N-dealkylation sites (tertiary alicyclic amines) is 1. The normalized spacial score (nSPS) is 14.8. The molecule has 0 radical (unpaired) electrons. The summed E-state index contributed by atoms with van der Waals surface area (Å²) in [6.45, 7) is 6.07. The molecular formula is C18H25IN4. The van der Waals surface area contributed by atoms with Crippen LogP contribution in [0.1, 0.15) is 25.5 Å². The molecule has 0 saturated carbocycles. The number of rotatable bonds is 4. The van der Waals surface area contributed by atoms with Gasteiger partial charge in [-0.2, -0.15) is 0 Å². The SMILES string of the molecule is CCNC(=NCCc1ccc2ccccc2n1)N1CCCC1.I. The van der Waals surface area contributed by atoms with Crippen molar-refractivity contribution in [3.63, 3.8) is 0 Å². The molecule has 1 saturated heterocycles. The zero-order valence-electron chi connectivity index (χ0n) is 13.7. The minimum atomic E-state index is 0. The van der Waals surface area contributed by atoms with E-state index in [1.54, 1.807) is 0 Å². The van der Waals surface area contributed by atoms with Gasteiger partial charge in [-0.15, -0.1) is 24.0 Å². The molecule has 0 atom stereocenters. The quantitative estimate of drug-likeness (QED) is 0.465. The number of fused-ring (bicyclic) bond motifs is 1. The van der Waals surface area contributed by atoms with E-state index in [0.29, 0.717) is 0 Å². The lowest BCUT2D eigenvalue weighted by Crippen LogP contribution is -2.39. The topological polar surface area (TPSA) is 40.5 Å². The third kappa shape index (κ3) is 4.80. The first-order valence-electron chi connectivity index (χ1n) is 8.25. The summed E-state index contributed by atoms with van der Waals surface area (Å²) in [4.78, 5) is 11.8. The highest BCUT2D eigenvalue weighted by Gasteiger charge is 2.15. The lowest BCUT2D eigenvalue weighted by atomic mass is 10.2. The Hall–Kier alpha value is -1.37. The van der Waals surface area contributed by atoms with E-state index < -0.39 is 0 Å². The van der Waals surface area contributed by atoms with Crippen LogP contribution in [0.3, 0.4) is 0 Å². The van der Waals surface area contributed by atoms with E-state index in [1.165, 1.54) is 18.2 Å². The number of benzene rings is 1. The second-order valence-corrected chi connectivity index (χ2v) is 5.68. The summed E-state index contributed by atoms with van der Waals surface area (Å²) in [5.41, 5.74) is 2.18. The van der Waals surface area contributed by atoms with E-state index in [0.717, 1.165) is 49.8 Å². The number of nitrogens with one attached hydrogen (secondary N) is 1. The maximum absolute atomic E-state index is 4.76. The molecule has 0 unspecified atom stereocenters. The molecule has 124 valence electrons. The van der Waals surface area contributed by atoms with Crippen LogP contribution in [0.2, 0.25) is 0 Å². The molecule has 1 aromatic carbocycles. The fraction of sp³-hybridized carbons (Fsp3) is 0.444. The monoisotopic (exact) mass is 424 g/mol. The van der Waals surface area contributed by atoms with Gasteiger partial charge in [0.1, 0.15) is 0 Å². The fourth-order valence-corrected chi connectivity index (χ4v) is 2.88. The highest BCUT2D eigenvalue weighted by Crippen LogP contribution is 2.12. The minimum Gasteiger partial charge on any atom is -0.357 e. The number of aliphatic imine (C=N–C) groups is 1. The summed E-state index contributed by atoms with van der Waals surface area (Å²) in [6, 6.07) is 12.5. The number of guanidine groups is 1. The Kier molecular flexibility index (Phi) is 7.08. The van der Waals surface area contributed by atoms with E-state index >= 15 is 0 Å². The van der Waals surface area contributed by atoms with Crippen LogP contribution in [0.25, 0.3) is 10.9 Å². The van der Waals surface area contributed by atoms with Crippen molar-refractivity contribution in [2.75, 3.05) is 26.2 Å². The van der Waals surface area contributed by atoms with Gasteiger partial charge in [0.25, 0.3) is 0 Å². The van der Waals surface area contributed by atoms with Gasteiger partial charge in [-0.1, -0.05) is 24.3 Å². The molecular weight excluding hydrogens is 399 g/mol. The summed E-state index contributed by atoms with van der Waals surface area (Å²) < 4.78 is 0. The van der Waals surface area contributed by atoms with E-state index in [4.69, 9.17) is 9.98 Å². The predicted molar refractivity (Wildman–Crippen MR) is 108 cm³/mol. The Bertz CT molecular complexity index is 650. The molecule has 1 N–H and O–H groups in total. The average molecular weight is 424 g/mol. The molecule has 5 heteroatoms. The van der Waals surface area contributed by atoms with Gasteiger partial charge in [-0.3, -0.25) is 9.98 Å². The number of halogens is 1. The summed E-state index contributed by atoms with van der Waals surface area (Å²) in [5, 5.41) is 4.59. The molecule has 23 heavy (non-hydrogen) atoms.